The molecule has 0 atom stereocenters. The van der Waals surface area contributed by atoms with E-state index in [0.717, 1.165) is 20.0 Å². The molecule has 2 aliphatic rings. The summed E-state index contributed by atoms with van der Waals surface area (Å²) in [5.74, 6) is 0. The summed E-state index contributed by atoms with van der Waals surface area (Å²) in [4.78, 5) is 9.48. The van der Waals surface area contributed by atoms with Gasteiger partial charge in [-0.05, 0) is 24.3 Å². The van der Waals surface area contributed by atoms with Gasteiger partial charge in [-0.3, -0.25) is 0 Å². The molecule has 0 unspecified atom stereocenters. The van der Waals surface area contributed by atoms with Gasteiger partial charge in [0.2, 0.25) is 0 Å². The molecule has 2 heterocycles. The number of nitrogens with zero attached hydrogens (tertiary/aromatic N) is 4. The van der Waals surface area contributed by atoms with E-state index in [2.05, 4.69) is 82.2 Å². The fourth-order valence-electron chi connectivity index (χ4n) is 3.37. The van der Waals surface area contributed by atoms with Crippen molar-refractivity contribution in [3.05, 3.63) is 48.5 Å². The van der Waals surface area contributed by atoms with Crippen molar-refractivity contribution in [2.24, 2.45) is 0 Å². The molecule has 0 amide bonds. The number of para-hydroxylation sites is 4. The maximum absolute atomic E-state index is 2.44. The molecule has 0 bridgehead atoms. The number of rotatable bonds is 2. The normalized spacial score (nSPS) is 16.5. The Balaban J connectivity index is 1.61. The average Bonchev–Trinajstić information content (AvgIpc) is 3.00. The summed E-state index contributed by atoms with van der Waals surface area (Å²) >= 11 is 0. The number of anilines is 4. The topological polar surface area (TPSA) is 13.0 Å². The van der Waals surface area contributed by atoms with Crippen LogP contribution in [0.25, 0.3) is 0 Å². The Labute approximate surface area is 125 Å². The van der Waals surface area contributed by atoms with Crippen molar-refractivity contribution in [3.63, 3.8) is 0 Å². The number of hydrogen-bond donors (Lipinski definition) is 0. The van der Waals surface area contributed by atoms with Gasteiger partial charge in [0.25, 0.3) is 0 Å². The van der Waals surface area contributed by atoms with Crippen LogP contribution in [-0.2, 0) is 0 Å². The summed E-state index contributed by atoms with van der Waals surface area (Å²) in [6.45, 7) is 2.81. The van der Waals surface area contributed by atoms with E-state index >= 15 is 0 Å². The molecule has 0 radical (unpaired) electrons. The molecule has 0 spiro atoms. The van der Waals surface area contributed by atoms with Gasteiger partial charge in [-0.1, -0.05) is 24.3 Å². The van der Waals surface area contributed by atoms with E-state index in [0.29, 0.717) is 0 Å². The molecule has 21 heavy (non-hydrogen) atoms. The Morgan fingerprint density at radius 1 is 0.667 bits per heavy atom. The maximum Gasteiger partial charge on any atom is 0.0939 e. The lowest BCUT2D eigenvalue weighted by atomic mass is 10.2. The first kappa shape index (κ1) is 12.4. The van der Waals surface area contributed by atoms with Gasteiger partial charge in [0.05, 0.1) is 42.8 Å². The standard InChI is InChI=1S/C17H20N4/c1-18-11-20(16-9-5-3-7-14(16)18)13-21-12-19(2)15-8-4-6-10-17(15)21/h3-10H,11-13H2,1-2H3. The van der Waals surface area contributed by atoms with E-state index in [4.69, 9.17) is 0 Å². The van der Waals surface area contributed by atoms with Crippen LogP contribution >= 0.6 is 0 Å². The van der Waals surface area contributed by atoms with Crippen LogP contribution in [0.1, 0.15) is 0 Å². The molecule has 0 aromatic heterocycles. The highest BCUT2D eigenvalue weighted by Crippen LogP contribution is 2.38. The maximum atomic E-state index is 2.44. The Hall–Kier alpha value is -2.36. The molecule has 108 valence electrons. The van der Waals surface area contributed by atoms with E-state index in [1.165, 1.54) is 22.7 Å². The minimum Gasteiger partial charge on any atom is -0.355 e. The van der Waals surface area contributed by atoms with Gasteiger partial charge < -0.3 is 19.6 Å². The fraction of sp³-hybridized carbons (Fsp3) is 0.294. The third-order valence-corrected chi connectivity index (χ3v) is 4.37. The Bertz CT molecular complexity index is 612. The molecule has 2 aliphatic heterocycles. The molecule has 4 nitrogen and oxygen atoms in total. The third-order valence-electron chi connectivity index (χ3n) is 4.37. The van der Waals surface area contributed by atoms with Crippen LogP contribution in [-0.4, -0.2) is 34.1 Å². The highest BCUT2D eigenvalue weighted by Gasteiger charge is 2.28. The zero-order valence-corrected chi connectivity index (χ0v) is 12.5. The van der Waals surface area contributed by atoms with Crippen molar-refractivity contribution < 1.29 is 0 Å². The van der Waals surface area contributed by atoms with Crippen molar-refractivity contribution in [1.82, 2.24) is 0 Å². The van der Waals surface area contributed by atoms with Crippen LogP contribution < -0.4 is 19.6 Å². The average molecular weight is 280 g/mol. The van der Waals surface area contributed by atoms with E-state index in [-0.39, 0.29) is 0 Å². The molecule has 4 heteroatoms. The number of hydrogen-bond acceptors (Lipinski definition) is 4. The van der Waals surface area contributed by atoms with Gasteiger partial charge in [-0.25, -0.2) is 0 Å². The van der Waals surface area contributed by atoms with Crippen LogP contribution in [0, 0.1) is 0 Å². The predicted octanol–water partition coefficient (Wildman–Crippen LogP) is 2.77. The zero-order valence-electron chi connectivity index (χ0n) is 12.5. The third kappa shape index (κ3) is 1.90. The SMILES string of the molecule is CN1CN(CN2CN(C)c3ccccc32)c2ccccc21. The van der Waals surface area contributed by atoms with Gasteiger partial charge in [0.1, 0.15) is 0 Å². The molecule has 0 saturated heterocycles. The number of benzene rings is 2. The lowest BCUT2D eigenvalue weighted by Crippen LogP contribution is -2.40. The van der Waals surface area contributed by atoms with E-state index in [1.807, 2.05) is 0 Å². The molecule has 0 fully saturated rings. The van der Waals surface area contributed by atoms with Crippen molar-refractivity contribution >= 4 is 22.7 Å². The zero-order chi connectivity index (χ0) is 14.4. The lowest BCUT2D eigenvalue weighted by molar-refractivity contribution is 0.747. The van der Waals surface area contributed by atoms with Gasteiger partial charge in [-0.2, -0.15) is 0 Å². The summed E-state index contributed by atoms with van der Waals surface area (Å²) in [6.07, 6.45) is 0. The summed E-state index contributed by atoms with van der Waals surface area (Å²) in [5.41, 5.74) is 5.29. The summed E-state index contributed by atoms with van der Waals surface area (Å²) in [6, 6.07) is 17.3. The van der Waals surface area contributed by atoms with Gasteiger partial charge >= 0.3 is 0 Å². The minimum atomic E-state index is 0.919. The van der Waals surface area contributed by atoms with Gasteiger partial charge in [-0.15, -0.1) is 0 Å². The second kappa shape index (κ2) is 4.58. The van der Waals surface area contributed by atoms with Crippen LogP contribution in [0.4, 0.5) is 22.7 Å². The van der Waals surface area contributed by atoms with Gasteiger partial charge in [0, 0.05) is 14.1 Å². The molecule has 4 rings (SSSR count). The fourth-order valence-corrected chi connectivity index (χ4v) is 3.37. The smallest absolute Gasteiger partial charge is 0.0939 e. The quantitative estimate of drug-likeness (QED) is 0.838. The Morgan fingerprint density at radius 3 is 1.48 bits per heavy atom. The van der Waals surface area contributed by atoms with Crippen LogP contribution in [0.3, 0.4) is 0 Å². The first-order chi connectivity index (χ1) is 10.2. The summed E-state index contributed by atoms with van der Waals surface area (Å²) in [7, 11) is 4.31. The molecular formula is C17H20N4. The van der Waals surface area contributed by atoms with E-state index in [9.17, 15) is 0 Å². The van der Waals surface area contributed by atoms with Crippen molar-refractivity contribution in [3.8, 4) is 0 Å². The second-order valence-corrected chi connectivity index (χ2v) is 5.88. The predicted molar refractivity (Wildman–Crippen MR) is 89.2 cm³/mol. The molecule has 2 aromatic rings. The van der Waals surface area contributed by atoms with Crippen molar-refractivity contribution in [1.29, 1.82) is 0 Å². The lowest BCUT2D eigenvalue weighted by Gasteiger charge is -2.27. The minimum absolute atomic E-state index is 0.919. The first-order valence-corrected chi connectivity index (χ1v) is 7.34. The monoisotopic (exact) mass is 280 g/mol. The van der Waals surface area contributed by atoms with E-state index < -0.39 is 0 Å². The van der Waals surface area contributed by atoms with Crippen molar-refractivity contribution in [2.75, 3.05) is 53.7 Å². The largest absolute Gasteiger partial charge is 0.355 e. The van der Waals surface area contributed by atoms with Crippen molar-refractivity contribution in [2.45, 2.75) is 0 Å². The van der Waals surface area contributed by atoms with Crippen LogP contribution in [0.15, 0.2) is 48.5 Å². The Kier molecular flexibility index (Phi) is 2.70. The highest BCUT2D eigenvalue weighted by atomic mass is 15.5. The number of fused-ring (bicyclic) bond motifs is 2. The highest BCUT2D eigenvalue weighted by molar-refractivity contribution is 5.79. The van der Waals surface area contributed by atoms with Gasteiger partial charge in [0.15, 0.2) is 0 Å². The second-order valence-electron chi connectivity index (χ2n) is 5.88. The molecule has 0 N–H and O–H groups in total. The van der Waals surface area contributed by atoms with Crippen LogP contribution in [0.2, 0.25) is 0 Å². The molecule has 0 aliphatic carbocycles. The summed E-state index contributed by atoms with van der Waals surface area (Å²) in [5, 5.41) is 0. The van der Waals surface area contributed by atoms with Crippen LogP contribution in [0.5, 0.6) is 0 Å². The molecular weight excluding hydrogens is 260 g/mol. The van der Waals surface area contributed by atoms with E-state index in [1.54, 1.807) is 0 Å². The first-order valence-electron chi connectivity index (χ1n) is 7.34. The molecule has 2 aromatic carbocycles. The summed E-state index contributed by atoms with van der Waals surface area (Å²) < 4.78 is 0. The Morgan fingerprint density at radius 2 is 1.05 bits per heavy atom. The molecule has 0 saturated carbocycles.